The Labute approximate surface area is 82.9 Å². The summed E-state index contributed by atoms with van der Waals surface area (Å²) in [6.45, 7) is 2.61. The molecule has 0 unspecified atom stereocenters. The van der Waals surface area contributed by atoms with Gasteiger partial charge in [-0.25, -0.2) is 0 Å². The Morgan fingerprint density at radius 1 is 1.43 bits per heavy atom. The van der Waals surface area contributed by atoms with Crippen LogP contribution >= 0.6 is 0 Å². The van der Waals surface area contributed by atoms with Crippen molar-refractivity contribution in [1.29, 1.82) is 0 Å². The van der Waals surface area contributed by atoms with Gasteiger partial charge in [-0.1, -0.05) is 0 Å². The van der Waals surface area contributed by atoms with Crippen LogP contribution in [0.1, 0.15) is 11.1 Å². The highest BCUT2D eigenvalue weighted by Gasteiger charge is 2.06. The lowest BCUT2D eigenvalue weighted by atomic mass is 10.1. The topological polar surface area (TPSA) is 51.0 Å². The zero-order valence-electron chi connectivity index (χ0n) is 8.42. The second kappa shape index (κ2) is 3.35. The zero-order valence-corrected chi connectivity index (χ0v) is 8.42. The number of aromatic nitrogens is 1. The smallest absolute Gasteiger partial charge is 0.119 e. The first-order chi connectivity index (χ1) is 6.76. The van der Waals surface area contributed by atoms with Gasteiger partial charge in [0.15, 0.2) is 0 Å². The molecule has 14 heavy (non-hydrogen) atoms. The van der Waals surface area contributed by atoms with E-state index >= 15 is 0 Å². The van der Waals surface area contributed by atoms with Crippen LogP contribution < -0.4 is 10.5 Å². The molecule has 1 aromatic heterocycles. The van der Waals surface area contributed by atoms with E-state index in [1.54, 1.807) is 7.11 Å². The fourth-order valence-corrected chi connectivity index (χ4v) is 1.72. The number of H-pyrrole nitrogens is 1. The van der Waals surface area contributed by atoms with Gasteiger partial charge in [-0.3, -0.25) is 0 Å². The Hall–Kier alpha value is -1.48. The van der Waals surface area contributed by atoms with E-state index in [2.05, 4.69) is 11.9 Å². The Kier molecular flexibility index (Phi) is 2.17. The molecule has 2 aromatic rings. The molecular weight excluding hydrogens is 176 g/mol. The molecule has 3 N–H and O–H groups in total. The summed E-state index contributed by atoms with van der Waals surface area (Å²) in [6.07, 6.45) is 1.96. The largest absolute Gasteiger partial charge is 0.497 e. The molecule has 0 saturated heterocycles. The van der Waals surface area contributed by atoms with Crippen LogP contribution in [0.4, 0.5) is 0 Å². The van der Waals surface area contributed by atoms with E-state index in [9.17, 15) is 0 Å². The van der Waals surface area contributed by atoms with Crippen LogP contribution in [-0.2, 0) is 6.54 Å². The van der Waals surface area contributed by atoms with E-state index in [1.165, 1.54) is 5.56 Å². The molecule has 0 spiro atoms. The summed E-state index contributed by atoms with van der Waals surface area (Å²) in [5, 5.41) is 1.16. The van der Waals surface area contributed by atoms with Crippen molar-refractivity contribution >= 4 is 10.9 Å². The quantitative estimate of drug-likeness (QED) is 0.760. The van der Waals surface area contributed by atoms with Crippen molar-refractivity contribution in [3.8, 4) is 5.75 Å². The van der Waals surface area contributed by atoms with Crippen LogP contribution in [0.15, 0.2) is 18.3 Å². The second-order valence-electron chi connectivity index (χ2n) is 3.38. The van der Waals surface area contributed by atoms with Crippen LogP contribution in [0.3, 0.4) is 0 Å². The van der Waals surface area contributed by atoms with Crippen LogP contribution in [0, 0.1) is 6.92 Å². The molecule has 0 aliphatic heterocycles. The Morgan fingerprint density at radius 2 is 2.21 bits per heavy atom. The predicted molar refractivity (Wildman–Crippen MR) is 57.5 cm³/mol. The number of nitrogens with two attached hydrogens (primary N) is 1. The monoisotopic (exact) mass is 190 g/mol. The molecule has 1 heterocycles. The van der Waals surface area contributed by atoms with Gasteiger partial charge in [-0.15, -0.1) is 0 Å². The third-order valence-corrected chi connectivity index (χ3v) is 2.50. The van der Waals surface area contributed by atoms with Gasteiger partial charge in [-0.2, -0.15) is 0 Å². The average molecular weight is 190 g/mol. The maximum Gasteiger partial charge on any atom is 0.119 e. The van der Waals surface area contributed by atoms with Gasteiger partial charge in [0.05, 0.1) is 7.11 Å². The van der Waals surface area contributed by atoms with Gasteiger partial charge in [0.2, 0.25) is 0 Å². The number of aryl methyl sites for hydroxylation is 1. The Balaban J connectivity index is 2.73. The molecule has 0 bridgehead atoms. The highest BCUT2D eigenvalue weighted by molar-refractivity contribution is 5.87. The Bertz CT molecular complexity index is 460. The molecule has 0 radical (unpaired) electrons. The minimum absolute atomic E-state index is 0.548. The average Bonchev–Trinajstić information content (AvgIpc) is 2.61. The van der Waals surface area contributed by atoms with Crippen molar-refractivity contribution in [1.82, 2.24) is 4.98 Å². The van der Waals surface area contributed by atoms with Gasteiger partial charge >= 0.3 is 0 Å². The summed E-state index contributed by atoms with van der Waals surface area (Å²) in [7, 11) is 1.68. The van der Waals surface area contributed by atoms with E-state index in [1.807, 2.05) is 18.3 Å². The number of nitrogens with one attached hydrogen (secondary N) is 1. The summed E-state index contributed by atoms with van der Waals surface area (Å²) in [5.41, 5.74) is 9.09. The number of ether oxygens (including phenoxy) is 1. The molecule has 0 aliphatic carbocycles. The summed E-state index contributed by atoms with van der Waals surface area (Å²) < 4.78 is 5.22. The fraction of sp³-hybridized carbons (Fsp3) is 0.273. The van der Waals surface area contributed by atoms with Gasteiger partial charge < -0.3 is 15.5 Å². The standard InChI is InChI=1S/C11H14N2O/c1-7-3-9(14-2)4-10-8(5-12)6-13-11(7)10/h3-4,6,13H,5,12H2,1-2H3. The third kappa shape index (κ3) is 1.26. The highest BCUT2D eigenvalue weighted by Crippen LogP contribution is 2.26. The number of methoxy groups -OCH3 is 1. The van der Waals surface area contributed by atoms with Crippen molar-refractivity contribution < 1.29 is 4.74 Å². The van der Waals surface area contributed by atoms with E-state index in [4.69, 9.17) is 10.5 Å². The summed E-state index contributed by atoms with van der Waals surface area (Å²) in [4.78, 5) is 3.22. The molecule has 3 nitrogen and oxygen atoms in total. The molecular formula is C11H14N2O. The predicted octanol–water partition coefficient (Wildman–Crippen LogP) is 1.94. The van der Waals surface area contributed by atoms with Gasteiger partial charge in [0, 0.05) is 23.6 Å². The number of hydrogen-bond donors (Lipinski definition) is 2. The van der Waals surface area contributed by atoms with E-state index in [0.717, 1.165) is 22.2 Å². The zero-order chi connectivity index (χ0) is 10.1. The van der Waals surface area contributed by atoms with E-state index in [0.29, 0.717) is 6.54 Å². The number of aromatic amines is 1. The van der Waals surface area contributed by atoms with Crippen LogP contribution in [0.25, 0.3) is 10.9 Å². The lowest BCUT2D eigenvalue weighted by Crippen LogP contribution is -1.94. The molecule has 2 rings (SSSR count). The normalized spacial score (nSPS) is 10.8. The molecule has 0 atom stereocenters. The SMILES string of the molecule is COc1cc(C)c2[nH]cc(CN)c2c1. The molecule has 0 fully saturated rings. The van der Waals surface area contributed by atoms with E-state index in [-0.39, 0.29) is 0 Å². The lowest BCUT2D eigenvalue weighted by molar-refractivity contribution is 0.415. The highest BCUT2D eigenvalue weighted by atomic mass is 16.5. The van der Waals surface area contributed by atoms with Crippen molar-refractivity contribution in [3.63, 3.8) is 0 Å². The second-order valence-corrected chi connectivity index (χ2v) is 3.38. The van der Waals surface area contributed by atoms with Crippen molar-refractivity contribution in [3.05, 3.63) is 29.5 Å². The number of rotatable bonds is 2. The minimum Gasteiger partial charge on any atom is -0.497 e. The molecule has 3 heteroatoms. The maximum atomic E-state index is 5.64. The Morgan fingerprint density at radius 3 is 2.86 bits per heavy atom. The molecule has 0 saturated carbocycles. The van der Waals surface area contributed by atoms with Gasteiger partial charge in [-0.05, 0) is 30.2 Å². The third-order valence-electron chi connectivity index (χ3n) is 2.50. The first-order valence-electron chi connectivity index (χ1n) is 4.61. The summed E-state index contributed by atoms with van der Waals surface area (Å²) in [6, 6.07) is 4.03. The summed E-state index contributed by atoms with van der Waals surface area (Å²) in [5.74, 6) is 0.879. The van der Waals surface area contributed by atoms with Crippen LogP contribution in [-0.4, -0.2) is 12.1 Å². The fourth-order valence-electron chi connectivity index (χ4n) is 1.72. The first-order valence-corrected chi connectivity index (χ1v) is 4.61. The van der Waals surface area contributed by atoms with Gasteiger partial charge in [0.25, 0.3) is 0 Å². The van der Waals surface area contributed by atoms with Crippen molar-refractivity contribution in [2.24, 2.45) is 5.73 Å². The summed E-state index contributed by atoms with van der Waals surface area (Å²) >= 11 is 0. The van der Waals surface area contributed by atoms with Crippen LogP contribution in [0.2, 0.25) is 0 Å². The molecule has 0 aliphatic rings. The lowest BCUT2D eigenvalue weighted by Gasteiger charge is -2.03. The van der Waals surface area contributed by atoms with Gasteiger partial charge in [0.1, 0.15) is 5.75 Å². The first kappa shape index (κ1) is 9.09. The number of hydrogen-bond acceptors (Lipinski definition) is 2. The molecule has 1 aromatic carbocycles. The van der Waals surface area contributed by atoms with Crippen molar-refractivity contribution in [2.45, 2.75) is 13.5 Å². The molecule has 0 amide bonds. The van der Waals surface area contributed by atoms with E-state index < -0.39 is 0 Å². The minimum atomic E-state index is 0.548. The molecule has 74 valence electrons. The maximum absolute atomic E-state index is 5.64. The van der Waals surface area contributed by atoms with Crippen LogP contribution in [0.5, 0.6) is 5.75 Å². The number of fused-ring (bicyclic) bond motifs is 1. The van der Waals surface area contributed by atoms with Crippen molar-refractivity contribution in [2.75, 3.05) is 7.11 Å². The number of benzene rings is 1.